The molecule has 4 heteroatoms. The van der Waals surface area contributed by atoms with Crippen LogP contribution in [0.4, 0.5) is 0 Å². The molecule has 0 saturated heterocycles. The van der Waals surface area contributed by atoms with E-state index in [1.165, 1.54) is 19.6 Å². The number of rotatable bonds is 5. The first kappa shape index (κ1) is 19.4. The molecule has 3 rings (SSSR count). The van der Waals surface area contributed by atoms with Crippen molar-refractivity contribution in [1.82, 2.24) is 0 Å². The van der Waals surface area contributed by atoms with Gasteiger partial charge in [0.2, 0.25) is 0 Å². The number of nitrogens with zero attached hydrogens (tertiary/aromatic N) is 1. The number of ether oxygens (including phenoxy) is 1. The van der Waals surface area contributed by atoms with Gasteiger partial charge in [-0.1, -0.05) is 43.0 Å². The van der Waals surface area contributed by atoms with Gasteiger partial charge in [-0.15, -0.1) is 0 Å². The Balaban J connectivity index is 2.00. The molecule has 0 aromatic heterocycles. The Morgan fingerprint density at radius 1 is 1.08 bits per heavy atom. The van der Waals surface area contributed by atoms with Gasteiger partial charge in [0.15, 0.2) is 20.9 Å². The van der Waals surface area contributed by atoms with Gasteiger partial charge in [-0.05, 0) is 51.5 Å². The summed E-state index contributed by atoms with van der Waals surface area (Å²) in [5.74, 6) is 0.792. The van der Waals surface area contributed by atoms with Crippen LogP contribution in [-0.2, 0) is 15.6 Å². The lowest BCUT2D eigenvalue weighted by molar-refractivity contribution is 0.294. The molecule has 0 spiro atoms. The molecule has 0 saturated carbocycles. The van der Waals surface area contributed by atoms with Crippen LogP contribution < -0.4 is 0 Å². The summed E-state index contributed by atoms with van der Waals surface area (Å²) >= 11 is 1.89. The highest BCUT2D eigenvalue weighted by molar-refractivity contribution is 8.04. The molecule has 2 nitrogen and oxygen atoms in total. The van der Waals surface area contributed by atoms with Gasteiger partial charge in [0.25, 0.3) is 0 Å². The van der Waals surface area contributed by atoms with Gasteiger partial charge in [0.05, 0.1) is 27.3 Å². The first-order valence-corrected chi connectivity index (χ1v) is 11.3. The summed E-state index contributed by atoms with van der Waals surface area (Å²) in [6.07, 6.45) is 1.01. The van der Waals surface area contributed by atoms with Crippen molar-refractivity contribution in [2.75, 3.05) is 6.61 Å². The van der Waals surface area contributed by atoms with Gasteiger partial charge in [-0.25, -0.2) is 4.99 Å². The van der Waals surface area contributed by atoms with Gasteiger partial charge in [-0.3, -0.25) is 0 Å². The second-order valence-electron chi connectivity index (χ2n) is 7.11. The van der Waals surface area contributed by atoms with E-state index in [1.807, 2.05) is 18.7 Å². The minimum Gasteiger partial charge on any atom is -0.481 e. The molecule has 26 heavy (non-hydrogen) atoms. The van der Waals surface area contributed by atoms with Crippen LogP contribution in [0.2, 0.25) is 0 Å². The number of benzene rings is 2. The molecule has 0 fully saturated rings. The zero-order valence-electron chi connectivity index (χ0n) is 16.3. The third-order valence-corrected chi connectivity index (χ3v) is 9.06. The van der Waals surface area contributed by atoms with E-state index >= 15 is 0 Å². The molecule has 1 unspecified atom stereocenters. The molecular weight excluding hydrogens is 358 g/mol. The molecule has 1 aliphatic heterocycles. The average molecular weight is 387 g/mol. The van der Waals surface area contributed by atoms with Crippen LogP contribution in [0, 0.1) is 0 Å². The molecule has 0 bridgehead atoms. The van der Waals surface area contributed by atoms with Crippen molar-refractivity contribution in [3.63, 3.8) is 0 Å². The first-order valence-electron chi connectivity index (χ1n) is 9.22. The molecule has 138 valence electrons. The van der Waals surface area contributed by atoms with Gasteiger partial charge in [0, 0.05) is 6.92 Å². The van der Waals surface area contributed by atoms with Crippen LogP contribution in [-0.4, -0.2) is 23.3 Å². The second kappa shape index (κ2) is 8.10. The Bertz CT molecular complexity index is 755. The Morgan fingerprint density at radius 2 is 1.62 bits per heavy atom. The largest absolute Gasteiger partial charge is 0.481 e. The predicted octanol–water partition coefficient (Wildman–Crippen LogP) is 6.20. The predicted molar refractivity (Wildman–Crippen MR) is 114 cm³/mol. The summed E-state index contributed by atoms with van der Waals surface area (Å²) in [5.41, 5.74) is -0.205. The maximum atomic E-state index is 5.75. The van der Waals surface area contributed by atoms with Crippen molar-refractivity contribution in [2.24, 2.45) is 4.99 Å². The van der Waals surface area contributed by atoms with Crippen LogP contribution in [0.15, 0.2) is 73.1 Å². The molecule has 1 atom stereocenters. The quantitative estimate of drug-likeness (QED) is 0.347. The van der Waals surface area contributed by atoms with Crippen molar-refractivity contribution in [2.45, 2.75) is 71.4 Å². The Hall–Kier alpha value is -1.39. The van der Waals surface area contributed by atoms with E-state index in [1.54, 1.807) is 0 Å². The molecular formula is C22H28NOS2+. The highest BCUT2D eigenvalue weighted by Crippen LogP contribution is 2.48. The maximum Gasteiger partial charge on any atom is 0.180 e. The van der Waals surface area contributed by atoms with Gasteiger partial charge in [0.1, 0.15) is 5.54 Å². The van der Waals surface area contributed by atoms with Crippen LogP contribution >= 0.6 is 11.8 Å². The fourth-order valence-electron chi connectivity index (χ4n) is 3.12. The monoisotopic (exact) mass is 386 g/mol. The van der Waals surface area contributed by atoms with Crippen molar-refractivity contribution >= 4 is 28.6 Å². The fourth-order valence-corrected chi connectivity index (χ4v) is 7.42. The van der Waals surface area contributed by atoms with Crippen LogP contribution in [0.5, 0.6) is 0 Å². The second-order valence-corrected chi connectivity index (χ2v) is 10.5. The van der Waals surface area contributed by atoms with Gasteiger partial charge >= 0.3 is 0 Å². The normalized spacial score (nSPS) is 16.0. The summed E-state index contributed by atoms with van der Waals surface area (Å²) in [4.78, 5) is 10.6. The topological polar surface area (TPSA) is 21.6 Å². The molecule has 0 N–H and O–H groups in total. The molecule has 0 amide bonds. The molecule has 1 aliphatic rings. The molecule has 1 heterocycles. The van der Waals surface area contributed by atoms with Crippen LogP contribution in [0.1, 0.15) is 41.0 Å². The fraction of sp³-hybridized carbons (Fsp3) is 0.409. The third kappa shape index (κ3) is 3.96. The van der Waals surface area contributed by atoms with Crippen molar-refractivity contribution in [1.29, 1.82) is 0 Å². The Morgan fingerprint density at radius 3 is 2.15 bits per heavy atom. The summed E-state index contributed by atoms with van der Waals surface area (Å²) in [6.45, 7) is 11.6. The summed E-state index contributed by atoms with van der Waals surface area (Å²) in [7, 11) is -0.0143. The van der Waals surface area contributed by atoms with E-state index in [0.717, 1.165) is 18.9 Å². The Kier molecular flexibility index (Phi) is 6.03. The van der Waals surface area contributed by atoms with E-state index in [-0.39, 0.29) is 16.4 Å². The first-order chi connectivity index (χ1) is 12.4. The highest BCUT2D eigenvalue weighted by Gasteiger charge is 2.47. The summed E-state index contributed by atoms with van der Waals surface area (Å²) < 4.78 is 5.75. The van der Waals surface area contributed by atoms with Crippen molar-refractivity contribution in [3.8, 4) is 0 Å². The summed E-state index contributed by atoms with van der Waals surface area (Å²) in [6, 6.07) is 17.7. The number of aliphatic imine (C=N–C) groups is 1. The van der Waals surface area contributed by atoms with E-state index in [0.29, 0.717) is 5.25 Å². The molecule has 0 aliphatic carbocycles. The van der Waals surface area contributed by atoms with E-state index in [4.69, 9.17) is 9.73 Å². The maximum absolute atomic E-state index is 5.75. The standard InChI is InChI=1S/C22H28NOS2/c1-6-15-24-17(3)23-22(4,5)16(2)26-20-13-9-7-11-18(20)25-19-12-8-10-14-21(19)26/h7-14,16H,6,15H2,1-5H3/q+1. The smallest absolute Gasteiger partial charge is 0.180 e. The van der Waals surface area contributed by atoms with E-state index < -0.39 is 0 Å². The minimum atomic E-state index is -0.205. The zero-order valence-corrected chi connectivity index (χ0v) is 17.9. The zero-order chi connectivity index (χ0) is 18.7. The van der Waals surface area contributed by atoms with Crippen LogP contribution in [0.25, 0.3) is 0 Å². The molecule has 0 radical (unpaired) electrons. The summed E-state index contributed by atoms with van der Waals surface area (Å²) in [5, 5.41) is 0.367. The molecule has 2 aromatic rings. The minimum absolute atomic E-state index is 0.0143. The Labute approximate surface area is 164 Å². The lowest BCUT2D eigenvalue weighted by atomic mass is 10.0. The van der Waals surface area contributed by atoms with Crippen LogP contribution in [0.3, 0.4) is 0 Å². The van der Waals surface area contributed by atoms with Crippen molar-refractivity contribution in [3.05, 3.63) is 48.5 Å². The number of hydrogen-bond acceptors (Lipinski definition) is 3. The SMILES string of the molecule is CCCOC(C)=NC(C)(C)C(C)[S+]1c2ccccc2Sc2ccccc21. The lowest BCUT2D eigenvalue weighted by Crippen LogP contribution is -2.40. The highest BCUT2D eigenvalue weighted by atomic mass is 32.2. The lowest BCUT2D eigenvalue weighted by Gasteiger charge is -2.30. The molecule has 2 aromatic carbocycles. The van der Waals surface area contributed by atoms with Gasteiger partial charge in [-0.2, -0.15) is 0 Å². The number of hydrogen-bond donors (Lipinski definition) is 0. The van der Waals surface area contributed by atoms with E-state index in [9.17, 15) is 0 Å². The van der Waals surface area contributed by atoms with Crippen molar-refractivity contribution < 1.29 is 4.74 Å². The van der Waals surface area contributed by atoms with E-state index in [2.05, 4.69) is 76.2 Å². The van der Waals surface area contributed by atoms with Gasteiger partial charge < -0.3 is 4.74 Å². The third-order valence-electron chi connectivity index (χ3n) is 4.70. The average Bonchev–Trinajstić information content (AvgIpc) is 2.63. The number of fused-ring (bicyclic) bond motifs is 2.